The van der Waals surface area contributed by atoms with E-state index in [-0.39, 0.29) is 0 Å². The van der Waals surface area contributed by atoms with Crippen molar-refractivity contribution in [1.29, 1.82) is 0 Å². The molecular formula is C14H33N3. The van der Waals surface area contributed by atoms with Gasteiger partial charge in [0.05, 0.1) is 0 Å². The Morgan fingerprint density at radius 1 is 1.00 bits per heavy atom. The number of hydrogen-bond acceptors (Lipinski definition) is 3. The largest absolute Gasteiger partial charge is 0.315 e. The van der Waals surface area contributed by atoms with Gasteiger partial charge >= 0.3 is 0 Å². The number of nitrogens with one attached hydrogen (secondary N) is 1. The number of likely N-dealkylation sites (N-methyl/N-ethyl adjacent to an activating group) is 2. The first kappa shape index (κ1) is 16.9. The van der Waals surface area contributed by atoms with Crippen LogP contribution in [-0.4, -0.2) is 63.2 Å². The van der Waals surface area contributed by atoms with Gasteiger partial charge in [0, 0.05) is 25.7 Å². The van der Waals surface area contributed by atoms with Gasteiger partial charge in [-0.1, -0.05) is 27.2 Å². The lowest BCUT2D eigenvalue weighted by atomic mass is 10.1. The lowest BCUT2D eigenvalue weighted by Gasteiger charge is -2.29. The molecule has 1 unspecified atom stereocenters. The second kappa shape index (κ2) is 9.86. The van der Waals surface area contributed by atoms with E-state index in [0.29, 0.717) is 6.04 Å². The van der Waals surface area contributed by atoms with Crippen molar-refractivity contribution in [2.45, 2.75) is 39.7 Å². The lowest BCUT2D eigenvalue weighted by molar-refractivity contribution is 0.201. The zero-order valence-corrected chi connectivity index (χ0v) is 12.8. The van der Waals surface area contributed by atoms with Crippen molar-refractivity contribution in [1.82, 2.24) is 15.1 Å². The van der Waals surface area contributed by atoms with Gasteiger partial charge in [-0.2, -0.15) is 0 Å². The van der Waals surface area contributed by atoms with Crippen molar-refractivity contribution < 1.29 is 0 Å². The van der Waals surface area contributed by atoms with E-state index in [1.54, 1.807) is 0 Å². The Labute approximate surface area is 109 Å². The molecule has 0 rings (SSSR count). The molecule has 0 aromatic rings. The fourth-order valence-corrected chi connectivity index (χ4v) is 1.89. The highest BCUT2D eigenvalue weighted by Crippen LogP contribution is 2.04. The van der Waals surface area contributed by atoms with Crippen LogP contribution >= 0.6 is 0 Å². The van der Waals surface area contributed by atoms with Crippen molar-refractivity contribution in [2.24, 2.45) is 5.92 Å². The molecule has 0 saturated carbocycles. The van der Waals surface area contributed by atoms with E-state index >= 15 is 0 Å². The molecule has 1 N–H and O–H groups in total. The zero-order chi connectivity index (χ0) is 13.3. The Bertz CT molecular complexity index is 169. The third-order valence-electron chi connectivity index (χ3n) is 3.08. The van der Waals surface area contributed by atoms with E-state index < -0.39 is 0 Å². The summed E-state index contributed by atoms with van der Waals surface area (Å²) in [5.74, 6) is 0.740. The first-order chi connectivity index (χ1) is 7.97. The highest BCUT2D eigenvalue weighted by molar-refractivity contribution is 4.72. The van der Waals surface area contributed by atoms with E-state index in [9.17, 15) is 0 Å². The van der Waals surface area contributed by atoms with E-state index in [1.165, 1.54) is 12.8 Å². The van der Waals surface area contributed by atoms with E-state index in [0.717, 1.165) is 32.1 Å². The molecule has 0 aliphatic rings. The summed E-state index contributed by atoms with van der Waals surface area (Å²) < 4.78 is 0. The molecular weight excluding hydrogens is 210 g/mol. The highest BCUT2D eigenvalue weighted by Gasteiger charge is 2.13. The summed E-state index contributed by atoms with van der Waals surface area (Å²) in [5, 5.41) is 3.58. The Morgan fingerprint density at radius 2 is 1.65 bits per heavy atom. The van der Waals surface area contributed by atoms with Crippen LogP contribution in [-0.2, 0) is 0 Å². The Hall–Kier alpha value is -0.120. The predicted octanol–water partition coefficient (Wildman–Crippen LogP) is 1.89. The maximum Gasteiger partial charge on any atom is 0.0218 e. The normalized spacial score (nSPS) is 13.9. The Kier molecular flexibility index (Phi) is 9.79. The highest BCUT2D eigenvalue weighted by atomic mass is 15.2. The number of hydrogen-bond donors (Lipinski definition) is 1. The Balaban J connectivity index is 3.93. The Morgan fingerprint density at radius 3 is 2.12 bits per heavy atom. The van der Waals surface area contributed by atoms with Crippen LogP contribution in [0.2, 0.25) is 0 Å². The van der Waals surface area contributed by atoms with Gasteiger partial charge in [-0.25, -0.2) is 0 Å². The SMILES string of the molecule is CCCC(CNCC(C)C)N(C)CCN(C)C. The van der Waals surface area contributed by atoms with Gasteiger partial charge in [-0.15, -0.1) is 0 Å². The molecule has 0 radical (unpaired) electrons. The predicted molar refractivity (Wildman–Crippen MR) is 77.6 cm³/mol. The van der Waals surface area contributed by atoms with Gasteiger partial charge in [0.25, 0.3) is 0 Å². The zero-order valence-electron chi connectivity index (χ0n) is 12.8. The molecule has 0 aromatic carbocycles. The summed E-state index contributed by atoms with van der Waals surface area (Å²) in [7, 11) is 6.53. The molecule has 17 heavy (non-hydrogen) atoms. The number of rotatable bonds is 10. The van der Waals surface area contributed by atoms with E-state index in [4.69, 9.17) is 0 Å². The molecule has 3 nitrogen and oxygen atoms in total. The minimum absolute atomic E-state index is 0.679. The summed E-state index contributed by atoms with van der Waals surface area (Å²) in [5.41, 5.74) is 0. The van der Waals surface area contributed by atoms with Gasteiger partial charge in [-0.3, -0.25) is 0 Å². The monoisotopic (exact) mass is 243 g/mol. The lowest BCUT2D eigenvalue weighted by Crippen LogP contribution is -2.43. The van der Waals surface area contributed by atoms with Gasteiger partial charge in [0.15, 0.2) is 0 Å². The molecule has 3 heteroatoms. The van der Waals surface area contributed by atoms with E-state index in [2.05, 4.69) is 57.0 Å². The fraction of sp³-hybridized carbons (Fsp3) is 1.00. The second-order valence-electron chi connectivity index (χ2n) is 5.78. The van der Waals surface area contributed by atoms with Crippen molar-refractivity contribution in [2.75, 3.05) is 47.3 Å². The van der Waals surface area contributed by atoms with Crippen LogP contribution in [0.15, 0.2) is 0 Å². The van der Waals surface area contributed by atoms with Gasteiger partial charge in [-0.05, 0) is 40.0 Å². The third kappa shape index (κ3) is 9.57. The van der Waals surface area contributed by atoms with Crippen molar-refractivity contribution in [3.63, 3.8) is 0 Å². The van der Waals surface area contributed by atoms with Crippen LogP contribution in [0.1, 0.15) is 33.6 Å². The first-order valence-corrected chi connectivity index (χ1v) is 7.03. The second-order valence-corrected chi connectivity index (χ2v) is 5.78. The average molecular weight is 243 g/mol. The summed E-state index contributed by atoms with van der Waals surface area (Å²) in [6.45, 7) is 11.3. The molecule has 0 saturated heterocycles. The smallest absolute Gasteiger partial charge is 0.0218 e. The molecule has 0 amide bonds. The maximum atomic E-state index is 3.58. The molecule has 0 aliphatic carbocycles. The minimum Gasteiger partial charge on any atom is -0.315 e. The molecule has 0 fully saturated rings. The van der Waals surface area contributed by atoms with Crippen molar-refractivity contribution >= 4 is 0 Å². The average Bonchev–Trinajstić information content (AvgIpc) is 2.24. The standard InChI is InChI=1S/C14H33N3/c1-7-8-14(12-15-11-13(2)3)17(6)10-9-16(4)5/h13-15H,7-12H2,1-6H3. The maximum absolute atomic E-state index is 3.58. The molecule has 1 atom stereocenters. The summed E-state index contributed by atoms with van der Waals surface area (Å²) in [4.78, 5) is 4.75. The van der Waals surface area contributed by atoms with Crippen LogP contribution in [0.5, 0.6) is 0 Å². The van der Waals surface area contributed by atoms with Gasteiger partial charge < -0.3 is 15.1 Å². The molecule has 104 valence electrons. The first-order valence-electron chi connectivity index (χ1n) is 7.03. The van der Waals surface area contributed by atoms with Crippen LogP contribution in [0.4, 0.5) is 0 Å². The summed E-state index contributed by atoms with van der Waals surface area (Å²) >= 11 is 0. The van der Waals surface area contributed by atoms with Crippen LogP contribution < -0.4 is 5.32 Å². The summed E-state index contributed by atoms with van der Waals surface area (Å²) in [6.07, 6.45) is 2.55. The fourth-order valence-electron chi connectivity index (χ4n) is 1.89. The van der Waals surface area contributed by atoms with E-state index in [1.807, 2.05) is 0 Å². The van der Waals surface area contributed by atoms with Crippen LogP contribution in [0, 0.1) is 5.92 Å². The minimum atomic E-state index is 0.679. The van der Waals surface area contributed by atoms with Crippen LogP contribution in [0.3, 0.4) is 0 Å². The quantitative estimate of drug-likeness (QED) is 0.632. The van der Waals surface area contributed by atoms with Gasteiger partial charge in [0.2, 0.25) is 0 Å². The molecule has 0 aliphatic heterocycles. The molecule has 0 spiro atoms. The van der Waals surface area contributed by atoms with Crippen molar-refractivity contribution in [3.05, 3.63) is 0 Å². The molecule has 0 heterocycles. The van der Waals surface area contributed by atoms with Crippen LogP contribution in [0.25, 0.3) is 0 Å². The number of nitrogens with zero attached hydrogens (tertiary/aromatic N) is 2. The summed E-state index contributed by atoms with van der Waals surface area (Å²) in [6, 6.07) is 0.679. The van der Waals surface area contributed by atoms with Crippen molar-refractivity contribution in [3.8, 4) is 0 Å². The van der Waals surface area contributed by atoms with Gasteiger partial charge in [0.1, 0.15) is 0 Å². The third-order valence-corrected chi connectivity index (χ3v) is 3.08. The molecule has 0 aromatic heterocycles. The topological polar surface area (TPSA) is 18.5 Å². The molecule has 0 bridgehead atoms.